The van der Waals surface area contributed by atoms with Gasteiger partial charge in [0.05, 0.1) is 29.1 Å². The average Bonchev–Trinajstić information content (AvgIpc) is 3.12. The van der Waals surface area contributed by atoms with E-state index in [4.69, 9.17) is 0 Å². The number of benzene rings is 2. The summed E-state index contributed by atoms with van der Waals surface area (Å²) in [6.07, 6.45) is 2.95. The lowest BCUT2D eigenvalue weighted by Crippen LogP contribution is -2.18. The summed E-state index contributed by atoms with van der Waals surface area (Å²) in [6.45, 7) is 2.98. The van der Waals surface area contributed by atoms with Crippen LogP contribution in [0.4, 0.5) is 8.78 Å². The molecule has 4 nitrogen and oxygen atoms in total. The number of halogens is 2. The Morgan fingerprint density at radius 2 is 1.83 bits per heavy atom. The fraction of sp³-hybridized carbons (Fsp3) is 0.130. The molecule has 2 aromatic heterocycles. The number of rotatable bonds is 3. The number of aliphatic hydroxyl groups is 1. The fourth-order valence-electron chi connectivity index (χ4n) is 3.41. The summed E-state index contributed by atoms with van der Waals surface area (Å²) in [6, 6.07) is 15.2. The van der Waals surface area contributed by atoms with E-state index in [1.54, 1.807) is 42.6 Å². The van der Waals surface area contributed by atoms with Gasteiger partial charge in [0.1, 0.15) is 5.82 Å². The van der Waals surface area contributed by atoms with Crippen LogP contribution < -0.4 is 0 Å². The molecule has 1 N–H and O–H groups in total. The molecule has 0 unspecified atom stereocenters. The zero-order valence-electron chi connectivity index (χ0n) is 15.8. The van der Waals surface area contributed by atoms with Crippen LogP contribution in [0.15, 0.2) is 60.9 Å². The number of fused-ring (bicyclic) bond motifs is 1. The summed E-state index contributed by atoms with van der Waals surface area (Å²) in [5, 5.41) is 19.5. The lowest BCUT2D eigenvalue weighted by Gasteiger charge is -2.18. The van der Waals surface area contributed by atoms with Gasteiger partial charge in [0.25, 0.3) is 0 Å². The molecule has 0 radical (unpaired) electrons. The molecule has 0 bridgehead atoms. The van der Waals surface area contributed by atoms with Crippen LogP contribution in [0.2, 0.25) is 0 Å². The van der Waals surface area contributed by atoms with E-state index in [1.165, 1.54) is 36.6 Å². The van der Waals surface area contributed by atoms with Gasteiger partial charge in [-0.05, 0) is 49.2 Å². The van der Waals surface area contributed by atoms with Crippen molar-refractivity contribution in [2.45, 2.75) is 19.4 Å². The Morgan fingerprint density at radius 3 is 2.55 bits per heavy atom. The molecule has 2 heterocycles. The zero-order valence-corrected chi connectivity index (χ0v) is 15.8. The first-order chi connectivity index (χ1) is 13.8. The van der Waals surface area contributed by atoms with E-state index in [2.05, 4.69) is 11.1 Å². The molecule has 0 saturated heterocycles. The SMILES string of the molecule is CC(C)(O)c1ccn2c(-c3cc(-c4ccccc4C#N)ccc3F)cnc2c1F. The smallest absolute Gasteiger partial charge is 0.174 e. The summed E-state index contributed by atoms with van der Waals surface area (Å²) < 4.78 is 31.0. The molecule has 4 rings (SSSR count). The van der Waals surface area contributed by atoms with Crippen molar-refractivity contribution >= 4 is 5.65 Å². The molecule has 4 aromatic rings. The lowest BCUT2D eigenvalue weighted by molar-refractivity contribution is 0.0746. The standard InChI is InChI=1S/C23H17F2N3O/c1-23(2,29)18-9-10-28-20(13-27-22(28)21(18)25)17-11-14(7-8-19(17)24)16-6-4-3-5-15(16)12-26/h3-11,13,29H,1-2H3. The van der Waals surface area contributed by atoms with E-state index >= 15 is 0 Å². The molecule has 6 heteroatoms. The Morgan fingerprint density at radius 1 is 1.07 bits per heavy atom. The van der Waals surface area contributed by atoms with Gasteiger partial charge in [0.2, 0.25) is 0 Å². The molecule has 0 atom stereocenters. The number of hydrogen-bond donors (Lipinski definition) is 1. The predicted molar refractivity (Wildman–Crippen MR) is 106 cm³/mol. The van der Waals surface area contributed by atoms with Crippen molar-refractivity contribution < 1.29 is 13.9 Å². The van der Waals surface area contributed by atoms with Crippen LogP contribution >= 0.6 is 0 Å². The van der Waals surface area contributed by atoms with Crippen LogP contribution in [-0.2, 0) is 5.60 Å². The molecule has 0 amide bonds. The molecule has 0 fully saturated rings. The quantitative estimate of drug-likeness (QED) is 0.534. The van der Waals surface area contributed by atoms with E-state index in [0.717, 1.165) is 0 Å². The summed E-state index contributed by atoms with van der Waals surface area (Å²) in [4.78, 5) is 4.10. The van der Waals surface area contributed by atoms with Gasteiger partial charge in [-0.25, -0.2) is 13.8 Å². The second-order valence-corrected chi connectivity index (χ2v) is 7.29. The van der Waals surface area contributed by atoms with Gasteiger partial charge >= 0.3 is 0 Å². The third-order valence-electron chi connectivity index (χ3n) is 4.88. The van der Waals surface area contributed by atoms with Gasteiger partial charge in [-0.15, -0.1) is 0 Å². The van der Waals surface area contributed by atoms with E-state index in [-0.39, 0.29) is 16.8 Å². The third-order valence-corrected chi connectivity index (χ3v) is 4.88. The number of aromatic nitrogens is 2. The van der Waals surface area contributed by atoms with Crippen molar-refractivity contribution in [3.05, 3.63) is 83.7 Å². The van der Waals surface area contributed by atoms with E-state index in [1.807, 2.05) is 0 Å². The molecular formula is C23H17F2N3O. The third kappa shape index (κ3) is 3.16. The van der Waals surface area contributed by atoms with Crippen LogP contribution in [0.25, 0.3) is 28.0 Å². The van der Waals surface area contributed by atoms with E-state index < -0.39 is 17.2 Å². The Labute approximate surface area is 166 Å². The Balaban J connectivity index is 1.91. The molecule has 2 aromatic carbocycles. The molecule has 0 aliphatic carbocycles. The Kier molecular flexibility index (Phi) is 4.40. The summed E-state index contributed by atoms with van der Waals surface area (Å²) in [7, 11) is 0. The minimum atomic E-state index is -1.37. The van der Waals surface area contributed by atoms with E-state index in [9.17, 15) is 19.1 Å². The van der Waals surface area contributed by atoms with Gasteiger partial charge in [-0.1, -0.05) is 24.3 Å². The highest BCUT2D eigenvalue weighted by molar-refractivity contribution is 5.76. The van der Waals surface area contributed by atoms with Gasteiger partial charge < -0.3 is 5.11 Å². The molecule has 0 aliphatic heterocycles. The van der Waals surface area contributed by atoms with E-state index in [0.29, 0.717) is 22.4 Å². The first-order valence-electron chi connectivity index (χ1n) is 8.99. The molecule has 144 valence electrons. The van der Waals surface area contributed by atoms with Gasteiger partial charge in [0, 0.05) is 17.3 Å². The lowest BCUT2D eigenvalue weighted by atomic mass is 9.97. The van der Waals surface area contributed by atoms with Gasteiger partial charge in [-0.2, -0.15) is 5.26 Å². The number of hydrogen-bond acceptors (Lipinski definition) is 3. The second-order valence-electron chi connectivity index (χ2n) is 7.29. The predicted octanol–water partition coefficient (Wildman–Crippen LogP) is 5.05. The van der Waals surface area contributed by atoms with Crippen LogP contribution in [0.1, 0.15) is 25.0 Å². The monoisotopic (exact) mass is 389 g/mol. The largest absolute Gasteiger partial charge is 0.386 e. The molecule has 0 saturated carbocycles. The number of pyridine rings is 1. The second kappa shape index (κ2) is 6.80. The Hall–Kier alpha value is -3.56. The number of nitriles is 1. The zero-order chi connectivity index (χ0) is 20.8. The van der Waals surface area contributed by atoms with Crippen LogP contribution in [-0.4, -0.2) is 14.5 Å². The summed E-state index contributed by atoms with van der Waals surface area (Å²) in [5.41, 5.74) is 1.17. The van der Waals surface area contributed by atoms with Crippen LogP contribution in [0, 0.1) is 23.0 Å². The van der Waals surface area contributed by atoms with Gasteiger partial charge in [-0.3, -0.25) is 4.40 Å². The van der Waals surface area contributed by atoms with Crippen molar-refractivity contribution in [3.63, 3.8) is 0 Å². The molecule has 0 aliphatic rings. The summed E-state index contributed by atoms with van der Waals surface area (Å²) in [5.74, 6) is -1.14. The van der Waals surface area contributed by atoms with Crippen molar-refractivity contribution in [1.82, 2.24) is 9.38 Å². The first-order valence-corrected chi connectivity index (χ1v) is 8.99. The number of nitrogens with zero attached hydrogens (tertiary/aromatic N) is 3. The van der Waals surface area contributed by atoms with Crippen molar-refractivity contribution in [1.29, 1.82) is 5.26 Å². The maximum atomic E-state index is 14.9. The normalized spacial score (nSPS) is 11.6. The maximum Gasteiger partial charge on any atom is 0.174 e. The van der Waals surface area contributed by atoms with Crippen LogP contribution in [0.3, 0.4) is 0 Å². The van der Waals surface area contributed by atoms with Crippen LogP contribution in [0.5, 0.6) is 0 Å². The first kappa shape index (κ1) is 18.8. The maximum absolute atomic E-state index is 14.9. The molecule has 29 heavy (non-hydrogen) atoms. The Bertz CT molecular complexity index is 1280. The van der Waals surface area contributed by atoms with Gasteiger partial charge in [0.15, 0.2) is 11.5 Å². The van der Waals surface area contributed by atoms with Crippen molar-refractivity contribution in [2.24, 2.45) is 0 Å². The fourth-order valence-corrected chi connectivity index (χ4v) is 3.41. The highest BCUT2D eigenvalue weighted by Crippen LogP contribution is 2.32. The number of imidazole rings is 1. The topological polar surface area (TPSA) is 61.3 Å². The minimum Gasteiger partial charge on any atom is -0.386 e. The van der Waals surface area contributed by atoms with Crippen molar-refractivity contribution in [2.75, 3.05) is 0 Å². The average molecular weight is 389 g/mol. The molecular weight excluding hydrogens is 372 g/mol. The van der Waals surface area contributed by atoms with Crippen molar-refractivity contribution in [3.8, 4) is 28.5 Å². The highest BCUT2D eigenvalue weighted by atomic mass is 19.1. The molecule has 0 spiro atoms. The summed E-state index contributed by atoms with van der Waals surface area (Å²) >= 11 is 0. The highest BCUT2D eigenvalue weighted by Gasteiger charge is 2.24. The minimum absolute atomic E-state index is 0.00172.